The second-order valence-corrected chi connectivity index (χ2v) is 7.30. The first-order valence-corrected chi connectivity index (χ1v) is 10.6. The highest BCUT2D eigenvalue weighted by molar-refractivity contribution is 7.99. The Morgan fingerprint density at radius 3 is 2.42 bits per heavy atom. The zero-order chi connectivity index (χ0) is 23.8. The Kier molecular flexibility index (Phi) is 8.08. The molecule has 2 N–H and O–H groups in total. The van der Waals surface area contributed by atoms with Crippen LogP contribution >= 0.6 is 11.8 Å². The van der Waals surface area contributed by atoms with Gasteiger partial charge in [-0.1, -0.05) is 17.8 Å². The third kappa shape index (κ3) is 6.59. The number of ether oxygens (including phenoxy) is 1. The van der Waals surface area contributed by atoms with Gasteiger partial charge < -0.3 is 19.8 Å². The topological polar surface area (TPSA) is 123 Å². The molecule has 2 aromatic carbocycles. The number of halogens is 2. The van der Waals surface area contributed by atoms with Crippen molar-refractivity contribution in [3.8, 4) is 0 Å². The van der Waals surface area contributed by atoms with Crippen LogP contribution in [0.15, 0.2) is 52.1 Å². The predicted molar refractivity (Wildman–Crippen MR) is 114 cm³/mol. The van der Waals surface area contributed by atoms with Gasteiger partial charge >= 0.3 is 5.97 Å². The second kappa shape index (κ2) is 11.2. The molecule has 12 heteroatoms. The van der Waals surface area contributed by atoms with Crippen LogP contribution in [0.3, 0.4) is 0 Å². The van der Waals surface area contributed by atoms with Crippen molar-refractivity contribution >= 4 is 35.2 Å². The number of aromatic nitrogens is 2. The average Bonchev–Trinajstić information content (AvgIpc) is 3.25. The fourth-order valence-corrected chi connectivity index (χ4v) is 3.14. The van der Waals surface area contributed by atoms with E-state index in [-0.39, 0.29) is 35.9 Å². The molecular weight excluding hydrogens is 458 g/mol. The van der Waals surface area contributed by atoms with Gasteiger partial charge in [0.1, 0.15) is 17.2 Å². The van der Waals surface area contributed by atoms with Crippen molar-refractivity contribution in [1.82, 2.24) is 15.5 Å². The van der Waals surface area contributed by atoms with E-state index in [4.69, 9.17) is 9.15 Å². The normalized spacial score (nSPS) is 10.5. The van der Waals surface area contributed by atoms with E-state index in [1.807, 2.05) is 0 Å². The fraction of sp³-hybridized carbons (Fsp3) is 0.190. The Labute approximate surface area is 190 Å². The summed E-state index contributed by atoms with van der Waals surface area (Å²) in [5.74, 6) is -3.80. The first-order chi connectivity index (χ1) is 15.9. The van der Waals surface area contributed by atoms with Crippen LogP contribution in [0.4, 0.5) is 14.5 Å². The van der Waals surface area contributed by atoms with E-state index in [0.29, 0.717) is 11.3 Å². The first kappa shape index (κ1) is 23.9. The Bertz CT molecular complexity index is 1130. The largest absolute Gasteiger partial charge is 0.462 e. The lowest BCUT2D eigenvalue weighted by Crippen LogP contribution is -2.25. The number of rotatable bonds is 9. The van der Waals surface area contributed by atoms with Crippen LogP contribution in [-0.2, 0) is 16.1 Å². The second-order valence-electron chi connectivity index (χ2n) is 6.38. The van der Waals surface area contributed by atoms with Crippen LogP contribution in [-0.4, -0.2) is 40.3 Å². The number of esters is 1. The van der Waals surface area contributed by atoms with E-state index < -0.39 is 29.1 Å². The molecule has 0 aliphatic carbocycles. The molecule has 0 saturated carbocycles. The molecule has 0 aliphatic heterocycles. The fourth-order valence-electron chi connectivity index (χ4n) is 2.56. The van der Waals surface area contributed by atoms with Gasteiger partial charge in [0.25, 0.3) is 11.1 Å². The summed E-state index contributed by atoms with van der Waals surface area (Å²) in [6.07, 6.45) is 0. The quantitative estimate of drug-likeness (QED) is 0.357. The maximum absolute atomic E-state index is 13.6. The lowest BCUT2D eigenvalue weighted by Gasteiger charge is -2.06. The summed E-state index contributed by atoms with van der Waals surface area (Å²) in [5.41, 5.74) is 0.147. The molecule has 0 bridgehead atoms. The summed E-state index contributed by atoms with van der Waals surface area (Å²) in [5, 5.41) is 12.5. The van der Waals surface area contributed by atoms with Gasteiger partial charge in [-0.25, -0.2) is 13.6 Å². The van der Waals surface area contributed by atoms with Crippen molar-refractivity contribution < 1.29 is 32.3 Å². The van der Waals surface area contributed by atoms with Crippen molar-refractivity contribution in [2.45, 2.75) is 18.7 Å². The Balaban J connectivity index is 1.46. The van der Waals surface area contributed by atoms with Crippen LogP contribution in [0, 0.1) is 11.6 Å². The lowest BCUT2D eigenvalue weighted by atomic mass is 10.2. The predicted octanol–water partition coefficient (Wildman–Crippen LogP) is 3.19. The van der Waals surface area contributed by atoms with Crippen LogP contribution in [0.5, 0.6) is 0 Å². The molecule has 0 unspecified atom stereocenters. The molecule has 0 fully saturated rings. The minimum atomic E-state index is -0.990. The number of carbonyl (C=O) groups is 3. The van der Waals surface area contributed by atoms with Crippen LogP contribution in [0.2, 0.25) is 0 Å². The molecule has 1 aromatic heterocycles. The zero-order valence-electron chi connectivity index (χ0n) is 17.3. The Hall–Kier alpha value is -3.80. The van der Waals surface area contributed by atoms with Gasteiger partial charge in [-0.3, -0.25) is 9.59 Å². The van der Waals surface area contributed by atoms with E-state index in [0.717, 1.165) is 30.0 Å². The van der Waals surface area contributed by atoms with Gasteiger partial charge in [-0.15, -0.1) is 10.2 Å². The number of benzene rings is 2. The highest BCUT2D eigenvalue weighted by Crippen LogP contribution is 2.18. The van der Waals surface area contributed by atoms with E-state index in [1.165, 1.54) is 12.1 Å². The standard InChI is InChI=1S/C21H18F2N4O5S/c1-2-31-20(30)12-6-8-13(9-7-12)25-16(28)11-33-21-27-26-17(32-21)10-24-19(29)18-14(22)4-3-5-15(18)23/h3-9H,2,10-11H2,1H3,(H,24,29)(H,25,28). The van der Waals surface area contributed by atoms with Crippen LogP contribution < -0.4 is 10.6 Å². The van der Waals surface area contributed by atoms with Gasteiger partial charge in [0.2, 0.25) is 11.8 Å². The number of amides is 2. The molecule has 3 aromatic rings. The van der Waals surface area contributed by atoms with Crippen molar-refractivity contribution in [3.63, 3.8) is 0 Å². The van der Waals surface area contributed by atoms with Crippen LogP contribution in [0.25, 0.3) is 0 Å². The molecule has 3 rings (SSSR count). The number of hydrogen-bond acceptors (Lipinski definition) is 8. The minimum absolute atomic E-state index is 0.00226. The molecule has 0 aliphatic rings. The number of anilines is 1. The summed E-state index contributed by atoms with van der Waals surface area (Å²) in [6.45, 7) is 1.72. The summed E-state index contributed by atoms with van der Waals surface area (Å²) >= 11 is 0.960. The first-order valence-electron chi connectivity index (χ1n) is 9.61. The average molecular weight is 476 g/mol. The van der Waals surface area contributed by atoms with E-state index in [1.54, 1.807) is 19.1 Å². The van der Waals surface area contributed by atoms with Crippen LogP contribution in [0.1, 0.15) is 33.5 Å². The smallest absolute Gasteiger partial charge is 0.338 e. The van der Waals surface area contributed by atoms with E-state index >= 15 is 0 Å². The molecular formula is C21H18F2N4O5S. The van der Waals surface area contributed by atoms with Gasteiger partial charge in [0.05, 0.1) is 24.5 Å². The number of nitrogens with zero attached hydrogens (tertiary/aromatic N) is 2. The summed E-state index contributed by atoms with van der Waals surface area (Å²) in [6, 6.07) is 9.30. The summed E-state index contributed by atoms with van der Waals surface area (Å²) in [4.78, 5) is 35.7. The van der Waals surface area contributed by atoms with Gasteiger partial charge in [-0.05, 0) is 43.3 Å². The van der Waals surface area contributed by atoms with E-state index in [9.17, 15) is 23.2 Å². The minimum Gasteiger partial charge on any atom is -0.462 e. The third-order valence-corrected chi connectivity index (χ3v) is 4.86. The van der Waals surface area contributed by atoms with Crippen molar-refractivity contribution in [1.29, 1.82) is 0 Å². The molecule has 1 heterocycles. The van der Waals surface area contributed by atoms with Gasteiger partial charge in [0, 0.05) is 5.69 Å². The number of thioether (sulfide) groups is 1. The number of carbonyl (C=O) groups excluding carboxylic acids is 3. The van der Waals surface area contributed by atoms with Gasteiger partial charge in [0.15, 0.2) is 0 Å². The molecule has 172 valence electrons. The maximum Gasteiger partial charge on any atom is 0.338 e. The molecule has 0 saturated heterocycles. The van der Waals surface area contributed by atoms with Crippen molar-refractivity contribution in [2.75, 3.05) is 17.7 Å². The SMILES string of the molecule is CCOC(=O)c1ccc(NC(=O)CSc2nnc(CNC(=O)c3c(F)cccc3F)o2)cc1. The molecule has 9 nitrogen and oxygen atoms in total. The van der Waals surface area contributed by atoms with Crippen molar-refractivity contribution in [3.05, 3.63) is 71.1 Å². The Morgan fingerprint density at radius 2 is 1.76 bits per heavy atom. The molecule has 0 atom stereocenters. The van der Waals surface area contributed by atoms with Crippen molar-refractivity contribution in [2.24, 2.45) is 0 Å². The van der Waals surface area contributed by atoms with E-state index in [2.05, 4.69) is 20.8 Å². The van der Waals surface area contributed by atoms with Gasteiger partial charge in [-0.2, -0.15) is 0 Å². The maximum atomic E-state index is 13.6. The summed E-state index contributed by atoms with van der Waals surface area (Å²) < 4.78 is 37.5. The number of nitrogens with one attached hydrogen (secondary N) is 2. The summed E-state index contributed by atoms with van der Waals surface area (Å²) in [7, 11) is 0. The monoisotopic (exact) mass is 476 g/mol. The molecule has 2 amide bonds. The zero-order valence-corrected chi connectivity index (χ0v) is 18.1. The molecule has 0 spiro atoms. The Morgan fingerprint density at radius 1 is 1.06 bits per heavy atom. The molecule has 0 radical (unpaired) electrons. The highest BCUT2D eigenvalue weighted by atomic mass is 32.2. The number of hydrogen-bond donors (Lipinski definition) is 2. The lowest BCUT2D eigenvalue weighted by molar-refractivity contribution is -0.113. The molecule has 33 heavy (non-hydrogen) atoms. The third-order valence-electron chi connectivity index (χ3n) is 4.04. The highest BCUT2D eigenvalue weighted by Gasteiger charge is 2.18.